The third-order valence-corrected chi connectivity index (χ3v) is 2.50. The van der Waals surface area contributed by atoms with Crippen molar-refractivity contribution < 1.29 is 9.59 Å². The molecule has 0 aliphatic heterocycles. The highest BCUT2D eigenvalue weighted by atomic mass is 16.2. The maximum Gasteiger partial charge on any atom is 0.251 e. The first-order valence-corrected chi connectivity index (χ1v) is 5.51. The van der Waals surface area contributed by atoms with Crippen molar-refractivity contribution in [3.63, 3.8) is 0 Å². The minimum atomic E-state index is -0.582. The zero-order chi connectivity index (χ0) is 13.1. The maximum atomic E-state index is 11.7. The van der Waals surface area contributed by atoms with Gasteiger partial charge in [0.25, 0.3) is 5.91 Å². The number of carbonyl (C=O) groups excluding carboxylic acids is 2. The number of aromatic nitrogens is 3. The molecule has 0 aliphatic rings. The third kappa shape index (κ3) is 2.29. The van der Waals surface area contributed by atoms with Crippen LogP contribution in [0.25, 0.3) is 11.0 Å². The van der Waals surface area contributed by atoms with Crippen molar-refractivity contribution in [1.82, 2.24) is 20.3 Å². The molecule has 0 fully saturated rings. The Labute approximate surface area is 103 Å². The van der Waals surface area contributed by atoms with Crippen LogP contribution in [0.4, 0.5) is 0 Å². The van der Waals surface area contributed by atoms with Crippen molar-refractivity contribution in [2.75, 3.05) is 6.54 Å². The van der Waals surface area contributed by atoms with Crippen molar-refractivity contribution in [2.24, 2.45) is 5.73 Å². The fourth-order valence-electron chi connectivity index (χ4n) is 1.62. The van der Waals surface area contributed by atoms with Gasteiger partial charge in [0.1, 0.15) is 5.52 Å². The number of amides is 2. The van der Waals surface area contributed by atoms with Crippen molar-refractivity contribution in [1.29, 1.82) is 0 Å². The van der Waals surface area contributed by atoms with Gasteiger partial charge in [-0.3, -0.25) is 9.59 Å². The second kappa shape index (κ2) is 4.82. The number of primary amides is 1. The Kier molecular flexibility index (Phi) is 3.22. The van der Waals surface area contributed by atoms with Crippen molar-refractivity contribution in [3.05, 3.63) is 23.8 Å². The lowest BCUT2D eigenvalue weighted by Crippen LogP contribution is -2.33. The van der Waals surface area contributed by atoms with Gasteiger partial charge in [0.2, 0.25) is 5.91 Å². The van der Waals surface area contributed by atoms with E-state index in [9.17, 15) is 9.59 Å². The molecule has 0 atom stereocenters. The number of hydrogen-bond acceptors (Lipinski definition) is 4. The van der Waals surface area contributed by atoms with Gasteiger partial charge in [-0.15, -0.1) is 5.10 Å². The van der Waals surface area contributed by atoms with Crippen molar-refractivity contribution in [2.45, 2.75) is 13.5 Å². The molecule has 2 amide bonds. The largest absolute Gasteiger partial charge is 0.368 e. The number of hydrogen-bond donors (Lipinski definition) is 2. The lowest BCUT2D eigenvalue weighted by atomic mass is 10.2. The van der Waals surface area contributed by atoms with Gasteiger partial charge in [0, 0.05) is 12.1 Å². The number of nitrogens with one attached hydrogen (secondary N) is 1. The average molecular weight is 247 g/mol. The molecule has 3 N–H and O–H groups in total. The van der Waals surface area contributed by atoms with Gasteiger partial charge < -0.3 is 11.1 Å². The number of carbonyl (C=O) groups is 2. The van der Waals surface area contributed by atoms with E-state index in [4.69, 9.17) is 5.73 Å². The van der Waals surface area contributed by atoms with Gasteiger partial charge in [-0.25, -0.2) is 4.68 Å². The summed E-state index contributed by atoms with van der Waals surface area (Å²) in [4.78, 5) is 22.3. The molecular formula is C11H13N5O2. The molecule has 0 unspecified atom stereocenters. The number of fused-ring (bicyclic) bond motifs is 1. The Morgan fingerprint density at radius 1 is 1.44 bits per heavy atom. The Bertz CT molecular complexity index is 604. The SMILES string of the molecule is CCn1nnc2cc(C(=O)NCC(N)=O)ccc21. The van der Waals surface area contributed by atoms with E-state index in [2.05, 4.69) is 15.6 Å². The highest BCUT2D eigenvalue weighted by Crippen LogP contribution is 2.13. The lowest BCUT2D eigenvalue weighted by molar-refractivity contribution is -0.117. The molecule has 7 nitrogen and oxygen atoms in total. The zero-order valence-corrected chi connectivity index (χ0v) is 9.88. The Morgan fingerprint density at radius 3 is 2.89 bits per heavy atom. The molecule has 0 aliphatic carbocycles. The molecule has 18 heavy (non-hydrogen) atoms. The van der Waals surface area contributed by atoms with Crippen LogP contribution in [0, 0.1) is 0 Å². The highest BCUT2D eigenvalue weighted by molar-refractivity contribution is 5.98. The predicted octanol–water partition coefficient (Wildman–Crippen LogP) is -0.334. The molecule has 1 heterocycles. The average Bonchev–Trinajstić information content (AvgIpc) is 2.77. The molecule has 94 valence electrons. The van der Waals surface area contributed by atoms with E-state index in [1.807, 2.05) is 6.92 Å². The number of rotatable bonds is 4. The molecule has 1 aromatic heterocycles. The van der Waals surface area contributed by atoms with Crippen LogP contribution in [0.1, 0.15) is 17.3 Å². The quantitative estimate of drug-likeness (QED) is 0.771. The fourth-order valence-corrected chi connectivity index (χ4v) is 1.62. The molecule has 1 aromatic carbocycles. The summed E-state index contributed by atoms with van der Waals surface area (Å²) < 4.78 is 1.74. The van der Waals surface area contributed by atoms with E-state index in [1.165, 1.54) is 0 Å². The first-order chi connectivity index (χ1) is 8.61. The van der Waals surface area contributed by atoms with E-state index in [0.717, 1.165) is 5.52 Å². The summed E-state index contributed by atoms with van der Waals surface area (Å²) in [6.07, 6.45) is 0. The summed E-state index contributed by atoms with van der Waals surface area (Å²) in [7, 11) is 0. The first kappa shape index (κ1) is 12.0. The molecule has 2 aromatic rings. The third-order valence-electron chi connectivity index (χ3n) is 2.50. The standard InChI is InChI=1S/C11H13N5O2/c1-2-16-9-4-3-7(5-8(9)14-15-16)11(18)13-6-10(12)17/h3-5H,2,6H2,1H3,(H2,12,17)(H,13,18). The molecule has 0 radical (unpaired) electrons. The normalized spacial score (nSPS) is 10.5. The van der Waals surface area contributed by atoms with E-state index in [-0.39, 0.29) is 12.5 Å². The van der Waals surface area contributed by atoms with Gasteiger partial charge in [-0.1, -0.05) is 5.21 Å². The molecule has 0 spiro atoms. The van der Waals surface area contributed by atoms with Gasteiger partial charge in [0.15, 0.2) is 0 Å². The van der Waals surface area contributed by atoms with Crippen LogP contribution in [0.2, 0.25) is 0 Å². The van der Waals surface area contributed by atoms with E-state index in [1.54, 1.807) is 22.9 Å². The number of nitrogens with zero attached hydrogens (tertiary/aromatic N) is 3. The summed E-state index contributed by atoms with van der Waals surface area (Å²) in [5.41, 5.74) is 6.88. The topological polar surface area (TPSA) is 103 Å². The van der Waals surface area contributed by atoms with Gasteiger partial charge in [0.05, 0.1) is 12.1 Å². The van der Waals surface area contributed by atoms with Crippen molar-refractivity contribution >= 4 is 22.8 Å². The molecule has 0 saturated carbocycles. The first-order valence-electron chi connectivity index (χ1n) is 5.51. The predicted molar refractivity (Wildman–Crippen MR) is 64.7 cm³/mol. The van der Waals surface area contributed by atoms with Gasteiger partial charge >= 0.3 is 0 Å². The monoisotopic (exact) mass is 247 g/mol. The smallest absolute Gasteiger partial charge is 0.251 e. The number of nitrogens with two attached hydrogens (primary N) is 1. The second-order valence-electron chi connectivity index (χ2n) is 3.76. The van der Waals surface area contributed by atoms with Crippen LogP contribution in [0.5, 0.6) is 0 Å². The molecule has 0 saturated heterocycles. The van der Waals surface area contributed by atoms with Crippen molar-refractivity contribution in [3.8, 4) is 0 Å². The Morgan fingerprint density at radius 2 is 2.22 bits per heavy atom. The lowest BCUT2D eigenvalue weighted by Gasteiger charge is -2.02. The van der Waals surface area contributed by atoms with E-state index < -0.39 is 5.91 Å². The van der Waals surface area contributed by atoms with Gasteiger partial charge in [-0.2, -0.15) is 0 Å². The number of aryl methyl sites for hydroxylation is 1. The second-order valence-corrected chi connectivity index (χ2v) is 3.76. The molecule has 7 heteroatoms. The molecule has 2 rings (SSSR count). The van der Waals surface area contributed by atoms with Crippen LogP contribution in [0.3, 0.4) is 0 Å². The van der Waals surface area contributed by atoms with E-state index >= 15 is 0 Å². The minimum absolute atomic E-state index is 0.182. The summed E-state index contributed by atoms with van der Waals surface area (Å²) in [6, 6.07) is 5.07. The zero-order valence-electron chi connectivity index (χ0n) is 9.88. The summed E-state index contributed by atoms with van der Waals surface area (Å²) in [5.74, 6) is -0.942. The van der Waals surface area contributed by atoms with Crippen LogP contribution in [-0.2, 0) is 11.3 Å². The van der Waals surface area contributed by atoms with E-state index in [0.29, 0.717) is 17.6 Å². The summed E-state index contributed by atoms with van der Waals surface area (Å²) in [5, 5.41) is 10.3. The minimum Gasteiger partial charge on any atom is -0.368 e. The highest BCUT2D eigenvalue weighted by Gasteiger charge is 2.09. The molecular weight excluding hydrogens is 234 g/mol. The van der Waals surface area contributed by atoms with Crippen LogP contribution < -0.4 is 11.1 Å². The van der Waals surface area contributed by atoms with Gasteiger partial charge in [-0.05, 0) is 25.1 Å². The Hall–Kier alpha value is -2.44. The van der Waals surface area contributed by atoms with Crippen LogP contribution in [0.15, 0.2) is 18.2 Å². The summed E-state index contributed by atoms with van der Waals surface area (Å²) >= 11 is 0. The molecule has 0 bridgehead atoms. The van der Waals surface area contributed by atoms with Crippen LogP contribution >= 0.6 is 0 Å². The van der Waals surface area contributed by atoms with Crippen LogP contribution in [-0.4, -0.2) is 33.4 Å². The Balaban J connectivity index is 2.24. The number of benzene rings is 1. The maximum absolute atomic E-state index is 11.7. The summed E-state index contributed by atoms with van der Waals surface area (Å²) in [6.45, 7) is 2.49. The fraction of sp³-hybridized carbons (Fsp3) is 0.273.